The van der Waals surface area contributed by atoms with Crippen LogP contribution in [0.2, 0.25) is 0 Å². The molecule has 1 aliphatic heterocycles. The fourth-order valence-corrected chi connectivity index (χ4v) is 1.95. The van der Waals surface area contributed by atoms with E-state index in [-0.39, 0.29) is 6.04 Å². The van der Waals surface area contributed by atoms with Crippen LogP contribution in [0.25, 0.3) is 0 Å². The lowest BCUT2D eigenvalue weighted by atomic mass is 10.1. The molecule has 0 fully saturated rings. The van der Waals surface area contributed by atoms with Crippen LogP contribution in [-0.4, -0.2) is 17.9 Å². The Hall–Kier alpha value is -1.83. The van der Waals surface area contributed by atoms with Gasteiger partial charge >= 0.3 is 0 Å². The Balaban J connectivity index is 1.91. The minimum atomic E-state index is 0.269. The third-order valence-electron chi connectivity index (χ3n) is 2.73. The second kappa shape index (κ2) is 3.39. The molecule has 0 radical (unpaired) electrons. The maximum Gasteiger partial charge on any atom is 0.129 e. The number of nitrogens with one attached hydrogen (secondary N) is 1. The van der Waals surface area contributed by atoms with Gasteiger partial charge in [0.2, 0.25) is 0 Å². The van der Waals surface area contributed by atoms with Gasteiger partial charge in [-0.05, 0) is 0 Å². The second-order valence-corrected chi connectivity index (χ2v) is 3.77. The maximum atomic E-state index is 4.65. The van der Waals surface area contributed by atoms with Crippen LogP contribution in [-0.2, 0) is 0 Å². The van der Waals surface area contributed by atoms with Crippen LogP contribution < -0.4 is 5.32 Å². The Bertz CT molecular complexity index is 443. The van der Waals surface area contributed by atoms with Gasteiger partial charge in [0.15, 0.2) is 0 Å². The fraction of sp³-hybridized carbons (Fsp3) is 0.154. The zero-order valence-corrected chi connectivity index (χ0v) is 8.30. The van der Waals surface area contributed by atoms with Gasteiger partial charge in [0.1, 0.15) is 5.84 Å². The van der Waals surface area contributed by atoms with Crippen molar-refractivity contribution in [2.24, 2.45) is 4.99 Å². The van der Waals surface area contributed by atoms with Crippen molar-refractivity contribution >= 4 is 5.84 Å². The quantitative estimate of drug-likeness (QED) is 0.729. The highest BCUT2D eigenvalue weighted by molar-refractivity contribution is 6.00. The summed E-state index contributed by atoms with van der Waals surface area (Å²) in [5.74, 6) is 1.00. The number of amidine groups is 1. The highest BCUT2D eigenvalue weighted by Gasteiger charge is 2.25. The molecule has 0 amide bonds. The van der Waals surface area contributed by atoms with Crippen molar-refractivity contribution < 1.29 is 0 Å². The number of benzene rings is 1. The number of allylic oxidation sites excluding steroid dienone is 2. The Morgan fingerprint density at radius 2 is 1.80 bits per heavy atom. The third kappa shape index (κ3) is 1.48. The molecule has 1 N–H and O–H groups in total. The zero-order chi connectivity index (χ0) is 10.1. The lowest BCUT2D eigenvalue weighted by Crippen LogP contribution is -2.33. The summed E-state index contributed by atoms with van der Waals surface area (Å²) < 4.78 is 0. The normalized spacial score (nSPS) is 27.1. The van der Waals surface area contributed by atoms with Crippen LogP contribution in [0.15, 0.2) is 59.6 Å². The van der Waals surface area contributed by atoms with Crippen molar-refractivity contribution in [3.8, 4) is 0 Å². The van der Waals surface area contributed by atoms with Crippen molar-refractivity contribution in [1.29, 1.82) is 0 Å². The fourth-order valence-electron chi connectivity index (χ4n) is 1.95. The van der Waals surface area contributed by atoms with Crippen molar-refractivity contribution in [2.45, 2.75) is 12.1 Å². The molecule has 1 aliphatic carbocycles. The topological polar surface area (TPSA) is 24.4 Å². The number of aliphatic imine (C=N–C) groups is 1. The van der Waals surface area contributed by atoms with Crippen LogP contribution >= 0.6 is 0 Å². The molecule has 1 heterocycles. The van der Waals surface area contributed by atoms with Gasteiger partial charge in [0.25, 0.3) is 0 Å². The molecule has 0 saturated carbocycles. The molecule has 2 heteroatoms. The maximum absolute atomic E-state index is 4.65. The monoisotopic (exact) mass is 196 g/mol. The van der Waals surface area contributed by atoms with Crippen LogP contribution in [0.3, 0.4) is 0 Å². The van der Waals surface area contributed by atoms with Crippen LogP contribution in [0.4, 0.5) is 0 Å². The summed E-state index contributed by atoms with van der Waals surface area (Å²) in [6.07, 6.45) is 8.41. The minimum absolute atomic E-state index is 0.269. The summed E-state index contributed by atoms with van der Waals surface area (Å²) in [7, 11) is 0. The Morgan fingerprint density at radius 1 is 1.00 bits per heavy atom. The van der Waals surface area contributed by atoms with E-state index in [4.69, 9.17) is 0 Å². The van der Waals surface area contributed by atoms with Gasteiger partial charge in [-0.3, -0.25) is 4.99 Å². The van der Waals surface area contributed by atoms with Gasteiger partial charge in [-0.15, -0.1) is 0 Å². The van der Waals surface area contributed by atoms with E-state index in [1.54, 1.807) is 0 Å². The van der Waals surface area contributed by atoms with Gasteiger partial charge in [0.05, 0.1) is 12.1 Å². The average molecular weight is 196 g/mol. The van der Waals surface area contributed by atoms with Crippen molar-refractivity contribution in [3.63, 3.8) is 0 Å². The highest BCUT2D eigenvalue weighted by Crippen LogP contribution is 2.17. The first-order chi connectivity index (χ1) is 7.43. The molecule has 3 rings (SSSR count). The molecule has 0 spiro atoms. The second-order valence-electron chi connectivity index (χ2n) is 3.77. The summed E-state index contributed by atoms with van der Waals surface area (Å²) in [5.41, 5.74) is 1.16. The number of hydrogen-bond donors (Lipinski definition) is 1. The summed E-state index contributed by atoms with van der Waals surface area (Å²) >= 11 is 0. The molecule has 2 aliphatic rings. The Kier molecular flexibility index (Phi) is 1.91. The van der Waals surface area contributed by atoms with Gasteiger partial charge < -0.3 is 5.32 Å². The predicted molar refractivity (Wildman–Crippen MR) is 62.0 cm³/mol. The van der Waals surface area contributed by atoms with Crippen LogP contribution in [0, 0.1) is 0 Å². The molecule has 74 valence electrons. The van der Waals surface area contributed by atoms with E-state index >= 15 is 0 Å². The first kappa shape index (κ1) is 8.48. The Labute approximate surface area is 89.0 Å². The smallest absolute Gasteiger partial charge is 0.129 e. The molecule has 15 heavy (non-hydrogen) atoms. The molecular weight excluding hydrogens is 184 g/mol. The first-order valence-electron chi connectivity index (χ1n) is 5.18. The molecule has 0 saturated heterocycles. The third-order valence-corrected chi connectivity index (χ3v) is 2.73. The lowest BCUT2D eigenvalue weighted by molar-refractivity contribution is 0.695. The summed E-state index contributed by atoms with van der Waals surface area (Å²) in [6.45, 7) is 0. The van der Waals surface area contributed by atoms with Gasteiger partial charge in [-0.1, -0.05) is 54.6 Å². The largest absolute Gasteiger partial charge is 0.361 e. The molecule has 2 atom stereocenters. The molecule has 1 aromatic carbocycles. The zero-order valence-electron chi connectivity index (χ0n) is 8.30. The summed E-state index contributed by atoms with van der Waals surface area (Å²) in [4.78, 5) is 4.65. The molecule has 1 aromatic rings. The van der Waals surface area contributed by atoms with Gasteiger partial charge in [-0.2, -0.15) is 0 Å². The van der Waals surface area contributed by atoms with E-state index in [9.17, 15) is 0 Å². The van der Waals surface area contributed by atoms with E-state index in [1.165, 1.54) is 0 Å². The van der Waals surface area contributed by atoms with E-state index in [1.807, 2.05) is 18.2 Å². The summed E-state index contributed by atoms with van der Waals surface area (Å²) in [5, 5.41) is 3.42. The summed E-state index contributed by atoms with van der Waals surface area (Å²) in [6, 6.07) is 10.9. The SMILES string of the molecule is C1=CC2N=C(c3ccccc3)NC2C=C1. The molecule has 2 nitrogen and oxygen atoms in total. The Morgan fingerprint density at radius 3 is 2.60 bits per heavy atom. The molecule has 2 unspecified atom stereocenters. The van der Waals surface area contributed by atoms with Crippen molar-refractivity contribution in [1.82, 2.24) is 5.32 Å². The standard InChI is InChI=1S/C13H12N2/c1-2-6-10(7-3-1)13-14-11-8-4-5-9-12(11)15-13/h1-9,11-12H,(H,14,15). The number of hydrogen-bond acceptors (Lipinski definition) is 2. The number of nitrogens with zero attached hydrogens (tertiary/aromatic N) is 1. The van der Waals surface area contributed by atoms with E-state index in [0.717, 1.165) is 11.4 Å². The van der Waals surface area contributed by atoms with E-state index < -0.39 is 0 Å². The van der Waals surface area contributed by atoms with E-state index in [0.29, 0.717) is 6.04 Å². The van der Waals surface area contributed by atoms with Crippen LogP contribution in [0.1, 0.15) is 5.56 Å². The number of fused-ring (bicyclic) bond motifs is 1. The first-order valence-corrected chi connectivity index (χ1v) is 5.18. The van der Waals surface area contributed by atoms with E-state index in [2.05, 4.69) is 46.7 Å². The van der Waals surface area contributed by atoms with Crippen molar-refractivity contribution in [3.05, 3.63) is 60.2 Å². The molecule has 0 bridgehead atoms. The predicted octanol–water partition coefficient (Wildman–Crippen LogP) is 1.90. The van der Waals surface area contributed by atoms with Gasteiger partial charge in [0, 0.05) is 5.56 Å². The minimum Gasteiger partial charge on any atom is -0.361 e. The van der Waals surface area contributed by atoms with Crippen molar-refractivity contribution in [2.75, 3.05) is 0 Å². The molecule has 0 aromatic heterocycles. The number of rotatable bonds is 1. The van der Waals surface area contributed by atoms with Crippen LogP contribution in [0.5, 0.6) is 0 Å². The lowest BCUT2D eigenvalue weighted by Gasteiger charge is -2.13. The highest BCUT2D eigenvalue weighted by atomic mass is 15.1. The molecular formula is C13H12N2. The average Bonchev–Trinajstić information content (AvgIpc) is 2.74. The van der Waals surface area contributed by atoms with Gasteiger partial charge in [-0.25, -0.2) is 0 Å².